The molecule has 0 atom stereocenters. The Morgan fingerprint density at radius 2 is 2.15 bits per heavy atom. The Kier molecular flexibility index (Phi) is 3.20. The van der Waals surface area contributed by atoms with E-state index in [1.165, 1.54) is 31.2 Å². The van der Waals surface area contributed by atoms with Gasteiger partial charge >= 0.3 is 0 Å². The van der Waals surface area contributed by atoms with Gasteiger partial charge in [-0.15, -0.1) is 0 Å². The van der Waals surface area contributed by atoms with E-state index in [-0.39, 0.29) is 5.78 Å². The zero-order chi connectivity index (χ0) is 9.84. The van der Waals surface area contributed by atoms with Crippen molar-refractivity contribution in [3.8, 4) is 0 Å². The molecular formula is C10H8ClFO. The van der Waals surface area contributed by atoms with E-state index >= 15 is 0 Å². The molecule has 0 heterocycles. The van der Waals surface area contributed by atoms with Crippen LogP contribution in [0.5, 0.6) is 0 Å². The average Bonchev–Trinajstić information content (AvgIpc) is 1.99. The SMILES string of the molecule is CC(=O)/C=C/c1cc(F)cc(Cl)c1. The lowest BCUT2D eigenvalue weighted by atomic mass is 10.2. The van der Waals surface area contributed by atoms with Crippen molar-refractivity contribution in [3.63, 3.8) is 0 Å². The fraction of sp³-hybridized carbons (Fsp3) is 0.100. The van der Waals surface area contributed by atoms with Crippen LogP contribution in [0, 0.1) is 5.82 Å². The van der Waals surface area contributed by atoms with Crippen molar-refractivity contribution in [2.24, 2.45) is 0 Å². The third-order valence-electron chi connectivity index (χ3n) is 1.40. The minimum atomic E-state index is -0.407. The van der Waals surface area contributed by atoms with Gasteiger partial charge < -0.3 is 0 Å². The number of carbonyl (C=O) groups is 1. The molecule has 0 aliphatic carbocycles. The van der Waals surface area contributed by atoms with E-state index in [0.717, 1.165) is 0 Å². The van der Waals surface area contributed by atoms with E-state index in [0.29, 0.717) is 10.6 Å². The van der Waals surface area contributed by atoms with Gasteiger partial charge in [-0.3, -0.25) is 4.79 Å². The number of rotatable bonds is 2. The molecule has 0 fully saturated rings. The van der Waals surface area contributed by atoms with E-state index in [4.69, 9.17) is 11.6 Å². The van der Waals surface area contributed by atoms with Crippen molar-refractivity contribution in [1.29, 1.82) is 0 Å². The first-order valence-corrected chi connectivity index (χ1v) is 4.10. The van der Waals surface area contributed by atoms with Crippen molar-refractivity contribution in [3.05, 3.63) is 40.7 Å². The molecule has 0 saturated heterocycles. The number of ketones is 1. The molecule has 0 N–H and O–H groups in total. The quantitative estimate of drug-likeness (QED) is 0.668. The van der Waals surface area contributed by atoms with Gasteiger partial charge in [-0.2, -0.15) is 0 Å². The van der Waals surface area contributed by atoms with Crippen LogP contribution in [0.3, 0.4) is 0 Å². The molecule has 3 heteroatoms. The maximum Gasteiger partial charge on any atom is 0.152 e. The maximum absolute atomic E-state index is 12.7. The summed E-state index contributed by atoms with van der Waals surface area (Å²) in [6.45, 7) is 1.43. The summed E-state index contributed by atoms with van der Waals surface area (Å²) < 4.78 is 12.7. The molecule has 0 radical (unpaired) electrons. The molecule has 0 amide bonds. The summed E-state index contributed by atoms with van der Waals surface area (Å²) in [5.41, 5.74) is 0.584. The number of carbonyl (C=O) groups excluding carboxylic acids is 1. The predicted octanol–water partition coefficient (Wildman–Crippen LogP) is 3.08. The molecular weight excluding hydrogens is 191 g/mol. The highest BCUT2D eigenvalue weighted by Crippen LogP contribution is 2.14. The first-order valence-electron chi connectivity index (χ1n) is 3.72. The van der Waals surface area contributed by atoms with Crippen molar-refractivity contribution in [2.75, 3.05) is 0 Å². The Morgan fingerprint density at radius 3 is 2.69 bits per heavy atom. The van der Waals surface area contributed by atoms with E-state index in [1.807, 2.05) is 0 Å². The Hall–Kier alpha value is -1.15. The van der Waals surface area contributed by atoms with E-state index in [1.54, 1.807) is 6.07 Å². The minimum Gasteiger partial charge on any atom is -0.295 e. The van der Waals surface area contributed by atoms with Crippen molar-refractivity contribution >= 4 is 23.5 Å². The monoisotopic (exact) mass is 198 g/mol. The summed E-state index contributed by atoms with van der Waals surface area (Å²) in [5.74, 6) is -0.490. The van der Waals surface area contributed by atoms with Gasteiger partial charge in [-0.25, -0.2) is 4.39 Å². The van der Waals surface area contributed by atoms with Gasteiger partial charge in [-0.1, -0.05) is 17.7 Å². The fourth-order valence-electron chi connectivity index (χ4n) is 0.885. The molecule has 1 nitrogen and oxygen atoms in total. The van der Waals surface area contributed by atoms with Crippen LogP contribution in [0.15, 0.2) is 24.3 Å². The van der Waals surface area contributed by atoms with Crippen molar-refractivity contribution in [1.82, 2.24) is 0 Å². The van der Waals surface area contributed by atoms with Crippen molar-refractivity contribution in [2.45, 2.75) is 6.92 Å². The molecule has 0 saturated carbocycles. The minimum absolute atomic E-state index is 0.0830. The third kappa shape index (κ3) is 3.38. The molecule has 1 aromatic carbocycles. The zero-order valence-corrected chi connectivity index (χ0v) is 7.81. The van der Waals surface area contributed by atoms with E-state index in [9.17, 15) is 9.18 Å². The second-order valence-corrected chi connectivity index (χ2v) is 3.08. The summed E-state index contributed by atoms with van der Waals surface area (Å²) in [7, 11) is 0. The van der Waals surface area contributed by atoms with Gasteiger partial charge in [0.25, 0.3) is 0 Å². The van der Waals surface area contributed by atoms with Gasteiger partial charge in [0.2, 0.25) is 0 Å². The Labute approximate surface area is 80.8 Å². The Balaban J connectivity index is 2.95. The first-order chi connectivity index (χ1) is 6.08. The van der Waals surface area contributed by atoms with Gasteiger partial charge in [0.15, 0.2) is 5.78 Å². The van der Waals surface area contributed by atoms with Gasteiger partial charge in [0.05, 0.1) is 0 Å². The molecule has 0 aliphatic rings. The van der Waals surface area contributed by atoms with Crippen LogP contribution in [-0.4, -0.2) is 5.78 Å². The lowest BCUT2D eigenvalue weighted by Gasteiger charge is -1.95. The lowest BCUT2D eigenvalue weighted by Crippen LogP contribution is -1.81. The highest BCUT2D eigenvalue weighted by Gasteiger charge is 1.95. The Morgan fingerprint density at radius 1 is 1.46 bits per heavy atom. The normalized spacial score (nSPS) is 10.7. The molecule has 1 aromatic rings. The summed E-state index contributed by atoms with van der Waals surface area (Å²) in [6, 6.07) is 4.11. The molecule has 0 bridgehead atoms. The van der Waals surface area contributed by atoms with Crippen LogP contribution in [0.4, 0.5) is 4.39 Å². The van der Waals surface area contributed by atoms with Gasteiger partial charge in [-0.05, 0) is 36.8 Å². The highest BCUT2D eigenvalue weighted by molar-refractivity contribution is 6.30. The second kappa shape index (κ2) is 4.19. The van der Waals surface area contributed by atoms with Crippen LogP contribution in [0.25, 0.3) is 6.08 Å². The summed E-state index contributed by atoms with van der Waals surface area (Å²) in [6.07, 6.45) is 2.89. The summed E-state index contributed by atoms with van der Waals surface area (Å²) in [5, 5.41) is 0.322. The van der Waals surface area contributed by atoms with Crippen LogP contribution in [-0.2, 0) is 4.79 Å². The van der Waals surface area contributed by atoms with Crippen LogP contribution < -0.4 is 0 Å². The summed E-state index contributed by atoms with van der Waals surface area (Å²) >= 11 is 5.61. The molecule has 0 unspecified atom stereocenters. The topological polar surface area (TPSA) is 17.1 Å². The number of benzene rings is 1. The molecule has 0 aliphatic heterocycles. The number of halogens is 2. The van der Waals surface area contributed by atoms with E-state index in [2.05, 4.69) is 0 Å². The highest BCUT2D eigenvalue weighted by atomic mass is 35.5. The maximum atomic E-state index is 12.7. The Bertz CT molecular complexity index is 338. The molecule has 13 heavy (non-hydrogen) atoms. The molecule has 0 spiro atoms. The summed E-state index contributed by atoms with van der Waals surface area (Å²) in [4.78, 5) is 10.6. The average molecular weight is 199 g/mol. The standard InChI is InChI=1S/C10H8ClFO/c1-7(13)2-3-8-4-9(11)6-10(12)5-8/h2-6H,1H3/b3-2+. The van der Waals surface area contributed by atoms with Crippen LogP contribution in [0.1, 0.15) is 12.5 Å². The lowest BCUT2D eigenvalue weighted by molar-refractivity contribution is -0.112. The van der Waals surface area contributed by atoms with Crippen LogP contribution >= 0.6 is 11.6 Å². The third-order valence-corrected chi connectivity index (χ3v) is 1.61. The number of allylic oxidation sites excluding steroid dienone is 1. The molecule has 68 valence electrons. The van der Waals surface area contributed by atoms with Gasteiger partial charge in [0, 0.05) is 5.02 Å². The fourth-order valence-corrected chi connectivity index (χ4v) is 1.12. The smallest absolute Gasteiger partial charge is 0.152 e. The second-order valence-electron chi connectivity index (χ2n) is 2.65. The predicted molar refractivity (Wildman–Crippen MR) is 51.1 cm³/mol. The van der Waals surface area contributed by atoms with Crippen LogP contribution in [0.2, 0.25) is 5.02 Å². The first kappa shape index (κ1) is 9.93. The zero-order valence-electron chi connectivity index (χ0n) is 7.05. The van der Waals surface area contributed by atoms with Crippen molar-refractivity contribution < 1.29 is 9.18 Å². The van der Waals surface area contributed by atoms with Gasteiger partial charge in [0.1, 0.15) is 5.82 Å². The largest absolute Gasteiger partial charge is 0.295 e. The molecule has 1 rings (SSSR count). The van der Waals surface area contributed by atoms with E-state index < -0.39 is 5.82 Å². The number of hydrogen-bond donors (Lipinski definition) is 0. The number of hydrogen-bond acceptors (Lipinski definition) is 1. The molecule has 0 aromatic heterocycles.